The van der Waals surface area contributed by atoms with E-state index in [1.165, 1.54) is 0 Å². The Balaban J connectivity index is 1.64. The van der Waals surface area contributed by atoms with Gasteiger partial charge >= 0.3 is 0 Å². The quantitative estimate of drug-likeness (QED) is 0.792. The number of para-hydroxylation sites is 1. The Bertz CT molecular complexity index is 461. The number of nitrogens with one attached hydrogen (secondary N) is 1. The summed E-state index contributed by atoms with van der Waals surface area (Å²) in [6.07, 6.45) is 4.55. The predicted molar refractivity (Wildman–Crippen MR) is 82.3 cm³/mol. The number of benzene rings is 1. The van der Waals surface area contributed by atoms with Crippen LogP contribution in [0.5, 0.6) is 5.75 Å². The minimum absolute atomic E-state index is 0.00864. The average Bonchev–Trinajstić information content (AvgIpc) is 2.48. The number of carbonyl (C=O) groups is 1. The number of ether oxygens (including phenoxy) is 1. The van der Waals surface area contributed by atoms with Gasteiger partial charge in [-0.2, -0.15) is 0 Å². The van der Waals surface area contributed by atoms with Crippen molar-refractivity contribution < 1.29 is 14.6 Å². The molecule has 0 heterocycles. The summed E-state index contributed by atoms with van der Waals surface area (Å²) in [6, 6.07) is 7.80. The van der Waals surface area contributed by atoms with Crippen molar-refractivity contribution >= 4 is 5.91 Å². The molecule has 2 N–H and O–H groups in total. The largest absolute Gasteiger partial charge is 0.493 e. The van der Waals surface area contributed by atoms with Gasteiger partial charge in [-0.05, 0) is 37.8 Å². The average molecular weight is 291 g/mol. The summed E-state index contributed by atoms with van der Waals surface area (Å²) >= 11 is 0. The molecule has 0 unspecified atom stereocenters. The molecule has 0 aliphatic heterocycles. The van der Waals surface area contributed by atoms with E-state index >= 15 is 0 Å². The summed E-state index contributed by atoms with van der Waals surface area (Å²) in [4.78, 5) is 11.9. The number of aryl methyl sites for hydroxylation is 1. The highest BCUT2D eigenvalue weighted by Crippen LogP contribution is 2.19. The van der Waals surface area contributed by atoms with E-state index in [0.29, 0.717) is 19.4 Å². The first kappa shape index (κ1) is 15.8. The number of carbonyl (C=O) groups excluding carboxylic acids is 1. The van der Waals surface area contributed by atoms with Gasteiger partial charge in [0.1, 0.15) is 5.75 Å². The molecule has 1 aliphatic rings. The Morgan fingerprint density at radius 2 is 2.10 bits per heavy atom. The maximum atomic E-state index is 11.9. The number of amides is 1. The molecule has 0 spiro atoms. The van der Waals surface area contributed by atoms with Crippen LogP contribution in [0.3, 0.4) is 0 Å². The molecule has 1 aromatic rings. The molecule has 21 heavy (non-hydrogen) atoms. The normalized spacial score (nSPS) is 21.8. The van der Waals surface area contributed by atoms with Crippen molar-refractivity contribution in [2.75, 3.05) is 6.61 Å². The van der Waals surface area contributed by atoms with E-state index < -0.39 is 0 Å². The smallest absolute Gasteiger partial charge is 0.220 e. The van der Waals surface area contributed by atoms with Crippen LogP contribution in [0.4, 0.5) is 0 Å². The zero-order valence-electron chi connectivity index (χ0n) is 12.7. The van der Waals surface area contributed by atoms with E-state index in [0.717, 1.165) is 37.0 Å². The van der Waals surface area contributed by atoms with Crippen LogP contribution in [0.15, 0.2) is 24.3 Å². The van der Waals surface area contributed by atoms with E-state index in [1.54, 1.807) is 0 Å². The van der Waals surface area contributed by atoms with Crippen LogP contribution in [-0.4, -0.2) is 29.8 Å². The van der Waals surface area contributed by atoms with Crippen LogP contribution < -0.4 is 10.1 Å². The third-order valence-corrected chi connectivity index (χ3v) is 3.98. The van der Waals surface area contributed by atoms with Crippen molar-refractivity contribution in [3.8, 4) is 5.75 Å². The van der Waals surface area contributed by atoms with E-state index in [1.807, 2.05) is 31.2 Å². The topological polar surface area (TPSA) is 58.6 Å². The zero-order chi connectivity index (χ0) is 15.1. The van der Waals surface area contributed by atoms with Gasteiger partial charge in [0.2, 0.25) is 5.91 Å². The molecular formula is C17H25NO3. The predicted octanol–water partition coefficient (Wildman–Crippen LogP) is 2.57. The maximum absolute atomic E-state index is 11.9. The Morgan fingerprint density at radius 3 is 2.86 bits per heavy atom. The van der Waals surface area contributed by atoms with Crippen molar-refractivity contribution in [1.82, 2.24) is 5.32 Å². The van der Waals surface area contributed by atoms with Crippen molar-refractivity contribution in [2.45, 2.75) is 57.6 Å². The van der Waals surface area contributed by atoms with Crippen molar-refractivity contribution in [1.29, 1.82) is 0 Å². The molecule has 1 fully saturated rings. The second-order valence-corrected chi connectivity index (χ2v) is 5.74. The minimum atomic E-state index is -0.383. The lowest BCUT2D eigenvalue weighted by Crippen LogP contribution is -2.45. The molecule has 0 saturated heterocycles. The first-order valence-electron chi connectivity index (χ1n) is 7.82. The van der Waals surface area contributed by atoms with Gasteiger partial charge in [0.15, 0.2) is 0 Å². The van der Waals surface area contributed by atoms with Gasteiger partial charge < -0.3 is 15.2 Å². The molecule has 0 aromatic heterocycles. The van der Waals surface area contributed by atoms with Gasteiger partial charge in [0.25, 0.3) is 0 Å². The molecule has 4 heteroatoms. The van der Waals surface area contributed by atoms with Gasteiger partial charge in [-0.15, -0.1) is 0 Å². The third-order valence-electron chi connectivity index (χ3n) is 3.98. The summed E-state index contributed by atoms with van der Waals surface area (Å²) in [6.45, 7) is 2.54. The van der Waals surface area contributed by atoms with E-state index in [4.69, 9.17) is 4.74 Å². The van der Waals surface area contributed by atoms with E-state index in [2.05, 4.69) is 5.32 Å². The van der Waals surface area contributed by atoms with Crippen molar-refractivity contribution in [3.63, 3.8) is 0 Å². The fourth-order valence-corrected chi connectivity index (χ4v) is 2.69. The first-order valence-corrected chi connectivity index (χ1v) is 7.82. The van der Waals surface area contributed by atoms with Crippen LogP contribution in [-0.2, 0) is 4.79 Å². The Morgan fingerprint density at radius 1 is 1.33 bits per heavy atom. The third kappa shape index (κ3) is 5.05. The Kier molecular flexibility index (Phi) is 6.05. The molecule has 116 valence electrons. The second-order valence-electron chi connectivity index (χ2n) is 5.74. The monoisotopic (exact) mass is 291 g/mol. The number of rotatable bonds is 6. The number of aliphatic hydroxyl groups excluding tert-OH is 1. The standard InChI is InChI=1S/C17H25NO3/c1-13-7-2-5-10-16(13)21-12-6-11-17(20)18-14-8-3-4-9-15(14)19/h2,5,7,10,14-15,19H,3-4,6,8-9,11-12H2,1H3,(H,18,20)/t14-,15-/m0/s1. The molecule has 2 rings (SSSR count). The lowest BCUT2D eigenvalue weighted by molar-refractivity contribution is -0.123. The van der Waals surface area contributed by atoms with Crippen molar-refractivity contribution in [2.24, 2.45) is 0 Å². The lowest BCUT2D eigenvalue weighted by atomic mass is 9.92. The Hall–Kier alpha value is -1.55. The highest BCUT2D eigenvalue weighted by molar-refractivity contribution is 5.76. The number of hydrogen-bond acceptors (Lipinski definition) is 3. The molecule has 2 atom stereocenters. The highest BCUT2D eigenvalue weighted by atomic mass is 16.5. The second kappa shape index (κ2) is 8.03. The fraction of sp³-hybridized carbons (Fsp3) is 0.588. The molecule has 1 saturated carbocycles. The Labute approximate surface area is 126 Å². The first-order chi connectivity index (χ1) is 10.2. The number of hydrogen-bond donors (Lipinski definition) is 2. The zero-order valence-corrected chi connectivity index (χ0v) is 12.7. The van der Waals surface area contributed by atoms with Crippen LogP contribution in [0.2, 0.25) is 0 Å². The van der Waals surface area contributed by atoms with Gasteiger partial charge in [-0.25, -0.2) is 0 Å². The van der Waals surface area contributed by atoms with Gasteiger partial charge in [-0.1, -0.05) is 31.0 Å². The van der Waals surface area contributed by atoms with Crippen LogP contribution in [0, 0.1) is 6.92 Å². The molecule has 1 aromatic carbocycles. The van der Waals surface area contributed by atoms with E-state index in [9.17, 15) is 9.90 Å². The van der Waals surface area contributed by atoms with Crippen LogP contribution >= 0.6 is 0 Å². The molecular weight excluding hydrogens is 266 g/mol. The minimum Gasteiger partial charge on any atom is -0.493 e. The van der Waals surface area contributed by atoms with Gasteiger partial charge in [0.05, 0.1) is 18.8 Å². The maximum Gasteiger partial charge on any atom is 0.220 e. The summed E-state index contributed by atoms with van der Waals surface area (Å²) in [5.74, 6) is 0.884. The van der Waals surface area contributed by atoms with E-state index in [-0.39, 0.29) is 18.1 Å². The summed E-state index contributed by atoms with van der Waals surface area (Å²) in [5, 5.41) is 12.8. The van der Waals surface area contributed by atoms with Crippen molar-refractivity contribution in [3.05, 3.63) is 29.8 Å². The summed E-state index contributed by atoms with van der Waals surface area (Å²) in [7, 11) is 0. The molecule has 1 aliphatic carbocycles. The summed E-state index contributed by atoms with van der Waals surface area (Å²) in [5.41, 5.74) is 1.10. The van der Waals surface area contributed by atoms with Crippen LogP contribution in [0.1, 0.15) is 44.1 Å². The molecule has 1 amide bonds. The fourth-order valence-electron chi connectivity index (χ4n) is 2.69. The molecule has 4 nitrogen and oxygen atoms in total. The lowest BCUT2D eigenvalue weighted by Gasteiger charge is -2.28. The molecule has 0 bridgehead atoms. The number of aliphatic hydroxyl groups is 1. The highest BCUT2D eigenvalue weighted by Gasteiger charge is 2.24. The SMILES string of the molecule is Cc1ccccc1OCCCC(=O)N[C@H]1CCCC[C@@H]1O. The van der Waals surface area contributed by atoms with Gasteiger partial charge in [0, 0.05) is 6.42 Å². The molecule has 0 radical (unpaired) electrons. The van der Waals surface area contributed by atoms with Gasteiger partial charge in [-0.3, -0.25) is 4.79 Å². The van der Waals surface area contributed by atoms with Crippen LogP contribution in [0.25, 0.3) is 0 Å². The summed E-state index contributed by atoms with van der Waals surface area (Å²) < 4.78 is 5.67.